The number of aliphatic imine (C=N–C) groups is 1. The van der Waals surface area contributed by atoms with Crippen LogP contribution in [0.1, 0.15) is 38.5 Å². The van der Waals surface area contributed by atoms with E-state index in [9.17, 15) is 4.79 Å². The van der Waals surface area contributed by atoms with Crippen molar-refractivity contribution in [2.24, 2.45) is 22.2 Å². The van der Waals surface area contributed by atoms with Crippen LogP contribution in [0.4, 0.5) is 11.4 Å². The van der Waals surface area contributed by atoms with Gasteiger partial charge in [0.1, 0.15) is 0 Å². The van der Waals surface area contributed by atoms with Crippen LogP contribution < -0.4 is 33.2 Å². The predicted octanol–water partition coefficient (Wildman–Crippen LogP) is 5.98. The first kappa shape index (κ1) is 33.3. The number of carbonyl (C=O) groups is 1. The first-order valence-electron chi connectivity index (χ1n) is 15.4. The minimum absolute atomic E-state index is 0.0563. The summed E-state index contributed by atoms with van der Waals surface area (Å²) in [6.07, 6.45) is 4.61. The normalized spacial score (nSPS) is 10.5. The number of anilines is 2. The molecule has 1 aromatic heterocycles. The summed E-state index contributed by atoms with van der Waals surface area (Å²) in [4.78, 5) is 26.2. The van der Waals surface area contributed by atoms with Crippen LogP contribution in [0.3, 0.4) is 0 Å². The van der Waals surface area contributed by atoms with Crippen molar-refractivity contribution < 1.29 is 4.79 Å². The van der Waals surface area contributed by atoms with Crippen LogP contribution >= 0.6 is 0 Å². The zero-order valence-electron chi connectivity index (χ0n) is 26.1. The Morgan fingerprint density at radius 1 is 0.696 bits per heavy atom. The second-order valence-corrected chi connectivity index (χ2v) is 10.9. The zero-order chi connectivity index (χ0) is 32.7. The van der Waals surface area contributed by atoms with Crippen LogP contribution in [0.5, 0.6) is 0 Å². The fourth-order valence-electron chi connectivity index (χ4n) is 4.75. The number of allylic oxidation sites excluding steroid dienone is 1. The van der Waals surface area contributed by atoms with Gasteiger partial charge < -0.3 is 33.2 Å². The fourth-order valence-corrected chi connectivity index (χ4v) is 4.75. The molecule has 9 N–H and O–H groups in total. The highest BCUT2D eigenvalue weighted by molar-refractivity contribution is 5.91. The lowest BCUT2D eigenvalue weighted by molar-refractivity contribution is -0.116. The topological polar surface area (TPSA) is 169 Å². The standard InChI is InChI=1S/C36H43N9O/c1-25(11-6-8-21-40-26(2)37)42-31-15-10-14-29(23-31)33-24-32(44-35(45-33)28-12-4-3-5-13-28)27-17-19-30(20-18-27)43-34(46)16-7-9-22-41-36(38)39/h3-5,10,12-15,17-20,23-24,40,42H,1-2,6-9,11,16,21-22,37H2,(H,43,46)(H4,38,39,41). The molecule has 0 spiro atoms. The number of hydrogen-bond donors (Lipinski definition) is 6. The van der Waals surface area contributed by atoms with Gasteiger partial charge >= 0.3 is 0 Å². The molecule has 0 aliphatic heterocycles. The molecule has 0 saturated carbocycles. The Morgan fingerprint density at radius 3 is 2.11 bits per heavy atom. The molecule has 10 nitrogen and oxygen atoms in total. The van der Waals surface area contributed by atoms with E-state index in [1.807, 2.05) is 78.9 Å². The number of nitrogens with one attached hydrogen (secondary N) is 3. The van der Waals surface area contributed by atoms with Gasteiger partial charge in [-0.3, -0.25) is 9.79 Å². The van der Waals surface area contributed by atoms with E-state index in [1.54, 1.807) is 0 Å². The highest BCUT2D eigenvalue weighted by atomic mass is 16.1. The quantitative estimate of drug-likeness (QED) is 0.0478. The summed E-state index contributed by atoms with van der Waals surface area (Å²) in [7, 11) is 0. The number of guanidine groups is 1. The molecular formula is C36H43N9O. The van der Waals surface area contributed by atoms with Gasteiger partial charge in [0.25, 0.3) is 0 Å². The molecule has 1 amide bonds. The highest BCUT2D eigenvalue weighted by Crippen LogP contribution is 2.30. The molecule has 1 heterocycles. The Morgan fingerprint density at radius 2 is 1.39 bits per heavy atom. The minimum atomic E-state index is -0.0563. The summed E-state index contributed by atoms with van der Waals surface area (Å²) < 4.78 is 0. The van der Waals surface area contributed by atoms with E-state index in [0.29, 0.717) is 31.0 Å². The van der Waals surface area contributed by atoms with Crippen LogP contribution in [-0.4, -0.2) is 34.9 Å². The molecule has 3 aromatic carbocycles. The third kappa shape index (κ3) is 10.8. The van der Waals surface area contributed by atoms with E-state index in [4.69, 9.17) is 27.2 Å². The van der Waals surface area contributed by atoms with Gasteiger partial charge in [0, 0.05) is 53.3 Å². The van der Waals surface area contributed by atoms with Crippen molar-refractivity contribution in [2.75, 3.05) is 23.7 Å². The van der Waals surface area contributed by atoms with Gasteiger partial charge in [-0.15, -0.1) is 0 Å². The van der Waals surface area contributed by atoms with Gasteiger partial charge in [-0.2, -0.15) is 0 Å². The van der Waals surface area contributed by atoms with E-state index in [0.717, 1.165) is 77.4 Å². The van der Waals surface area contributed by atoms with E-state index in [2.05, 4.69) is 40.2 Å². The molecule has 0 unspecified atom stereocenters. The number of hydrogen-bond acceptors (Lipinski definition) is 7. The number of rotatable bonds is 17. The van der Waals surface area contributed by atoms with E-state index >= 15 is 0 Å². The smallest absolute Gasteiger partial charge is 0.224 e. The fraction of sp³-hybridized carbons (Fsp3) is 0.222. The summed E-state index contributed by atoms with van der Waals surface area (Å²) in [5.41, 5.74) is 23.2. The Labute approximate surface area is 270 Å². The van der Waals surface area contributed by atoms with E-state index < -0.39 is 0 Å². The van der Waals surface area contributed by atoms with Crippen molar-refractivity contribution in [2.45, 2.75) is 38.5 Å². The minimum Gasteiger partial charge on any atom is -0.386 e. The molecule has 0 radical (unpaired) electrons. The lowest BCUT2D eigenvalue weighted by Gasteiger charge is -2.13. The number of unbranched alkanes of at least 4 members (excludes halogenated alkanes) is 2. The molecule has 0 aliphatic rings. The lowest BCUT2D eigenvalue weighted by Crippen LogP contribution is -2.23. The lowest BCUT2D eigenvalue weighted by atomic mass is 10.1. The average Bonchev–Trinajstić information content (AvgIpc) is 3.05. The average molecular weight is 618 g/mol. The van der Waals surface area contributed by atoms with Crippen LogP contribution in [0.2, 0.25) is 0 Å². The van der Waals surface area contributed by atoms with Gasteiger partial charge in [0.2, 0.25) is 5.91 Å². The molecular weight excluding hydrogens is 574 g/mol. The molecule has 0 aliphatic carbocycles. The van der Waals surface area contributed by atoms with Crippen LogP contribution in [0.25, 0.3) is 33.9 Å². The zero-order valence-corrected chi connectivity index (χ0v) is 26.1. The van der Waals surface area contributed by atoms with E-state index in [1.165, 1.54) is 0 Å². The molecule has 4 rings (SSSR count). The number of benzene rings is 3. The molecule has 0 saturated heterocycles. The number of nitrogens with two attached hydrogens (primary N) is 3. The maximum Gasteiger partial charge on any atom is 0.224 e. The van der Waals surface area contributed by atoms with Gasteiger partial charge in [0.05, 0.1) is 17.2 Å². The number of nitrogens with zero attached hydrogens (tertiary/aromatic N) is 3. The molecule has 10 heteroatoms. The van der Waals surface area contributed by atoms with Gasteiger partial charge in [-0.05, 0) is 62.4 Å². The second kappa shape index (κ2) is 17.0. The first-order valence-corrected chi connectivity index (χ1v) is 15.4. The van der Waals surface area contributed by atoms with Crippen LogP contribution in [0, 0.1) is 0 Å². The highest BCUT2D eigenvalue weighted by Gasteiger charge is 2.12. The van der Waals surface area contributed by atoms with Crippen molar-refractivity contribution in [3.63, 3.8) is 0 Å². The van der Waals surface area contributed by atoms with Gasteiger partial charge in [-0.25, -0.2) is 9.97 Å². The third-order valence-electron chi connectivity index (χ3n) is 7.07. The van der Waals surface area contributed by atoms with Crippen molar-refractivity contribution in [3.8, 4) is 33.9 Å². The Bertz CT molecular complexity index is 1650. The largest absolute Gasteiger partial charge is 0.386 e. The monoisotopic (exact) mass is 617 g/mol. The Kier molecular flexibility index (Phi) is 12.3. The summed E-state index contributed by atoms with van der Waals surface area (Å²) in [5, 5.41) is 9.44. The third-order valence-corrected chi connectivity index (χ3v) is 7.07. The number of aromatic nitrogens is 2. The molecule has 0 fully saturated rings. The number of carbonyl (C=O) groups excluding carboxylic acids is 1. The van der Waals surface area contributed by atoms with Crippen LogP contribution in [-0.2, 0) is 4.79 Å². The Hall–Kier alpha value is -5.64. The number of amides is 1. The first-order chi connectivity index (χ1) is 22.3. The molecule has 4 aromatic rings. The second-order valence-electron chi connectivity index (χ2n) is 10.9. The van der Waals surface area contributed by atoms with Crippen molar-refractivity contribution in [1.82, 2.24) is 15.3 Å². The van der Waals surface area contributed by atoms with Crippen LogP contribution in [0.15, 0.2) is 115 Å². The maximum absolute atomic E-state index is 12.4. The molecule has 46 heavy (non-hydrogen) atoms. The van der Waals surface area contributed by atoms with Crippen molar-refractivity contribution in [1.29, 1.82) is 0 Å². The summed E-state index contributed by atoms with van der Waals surface area (Å²) in [6, 6.07) is 27.7. The van der Waals surface area contributed by atoms with Crippen molar-refractivity contribution >= 4 is 23.2 Å². The van der Waals surface area contributed by atoms with Crippen molar-refractivity contribution in [3.05, 3.63) is 110 Å². The summed E-state index contributed by atoms with van der Waals surface area (Å²) in [6.45, 7) is 9.17. The Balaban J connectivity index is 1.49. The summed E-state index contributed by atoms with van der Waals surface area (Å²) >= 11 is 0. The van der Waals surface area contributed by atoms with E-state index in [-0.39, 0.29) is 11.9 Å². The SMILES string of the molecule is C=C(N)NCCCCC(=C)Nc1cccc(-c2cc(-c3ccc(NC(=O)CCCCN=C(N)N)cc3)nc(-c3ccccc3)n2)c1. The van der Waals surface area contributed by atoms with Gasteiger partial charge in [-0.1, -0.05) is 67.8 Å². The molecule has 0 atom stereocenters. The molecule has 238 valence electrons. The summed E-state index contributed by atoms with van der Waals surface area (Å²) in [5.74, 6) is 1.12. The molecule has 0 bridgehead atoms. The van der Waals surface area contributed by atoms with Gasteiger partial charge in [0.15, 0.2) is 11.8 Å². The maximum atomic E-state index is 12.4. The predicted molar refractivity (Wildman–Crippen MR) is 189 cm³/mol.